The minimum Gasteiger partial charge on any atom is -0.321 e. The highest BCUT2D eigenvalue weighted by molar-refractivity contribution is 7.89. The first kappa shape index (κ1) is 19.7. The fourth-order valence-electron chi connectivity index (χ4n) is 3.29. The first-order chi connectivity index (χ1) is 13.8. The van der Waals surface area contributed by atoms with E-state index in [2.05, 4.69) is 5.32 Å². The van der Waals surface area contributed by atoms with E-state index < -0.39 is 27.6 Å². The van der Waals surface area contributed by atoms with Gasteiger partial charge in [-0.3, -0.25) is 4.79 Å². The normalized spacial score (nSPS) is 14.4. The van der Waals surface area contributed by atoms with Crippen molar-refractivity contribution in [3.8, 4) is 0 Å². The van der Waals surface area contributed by atoms with Gasteiger partial charge in [0.25, 0.3) is 5.91 Å². The summed E-state index contributed by atoms with van der Waals surface area (Å²) in [6.45, 7) is 0.538. The number of nitrogens with one attached hydrogen (secondary N) is 1. The van der Waals surface area contributed by atoms with Gasteiger partial charge < -0.3 is 5.32 Å². The van der Waals surface area contributed by atoms with Crippen molar-refractivity contribution < 1.29 is 22.0 Å². The second-order valence-electron chi connectivity index (χ2n) is 6.58. The van der Waals surface area contributed by atoms with E-state index in [-0.39, 0.29) is 22.0 Å². The highest BCUT2D eigenvalue weighted by Crippen LogP contribution is 2.30. The summed E-state index contributed by atoms with van der Waals surface area (Å²) < 4.78 is 54.4. The molecule has 0 spiro atoms. The van der Waals surface area contributed by atoms with Crippen molar-refractivity contribution in [3.63, 3.8) is 0 Å². The lowest BCUT2D eigenvalue weighted by atomic mass is 10.0. The maximum Gasteiger partial charge on any atom is 0.267 e. The molecule has 3 aromatic rings. The van der Waals surface area contributed by atoms with Crippen LogP contribution in [0.2, 0.25) is 0 Å². The number of benzene rings is 2. The number of thiophene rings is 1. The summed E-state index contributed by atoms with van der Waals surface area (Å²) in [6.07, 6.45) is 0.587. The SMILES string of the molecule is O=C(Nc1cc(F)cc(F)c1)c1sccc1S(=O)(=O)N1CCc2ccccc2C1. The molecule has 2 heterocycles. The largest absolute Gasteiger partial charge is 0.321 e. The maximum absolute atomic E-state index is 13.4. The van der Waals surface area contributed by atoms with E-state index >= 15 is 0 Å². The summed E-state index contributed by atoms with van der Waals surface area (Å²) in [7, 11) is -3.91. The Kier molecular flexibility index (Phi) is 5.20. The summed E-state index contributed by atoms with van der Waals surface area (Å²) in [4.78, 5) is 12.5. The zero-order valence-electron chi connectivity index (χ0n) is 15.1. The third kappa shape index (κ3) is 3.93. The first-order valence-electron chi connectivity index (χ1n) is 8.76. The number of hydrogen-bond donors (Lipinski definition) is 1. The number of hydrogen-bond acceptors (Lipinski definition) is 4. The molecule has 0 saturated carbocycles. The van der Waals surface area contributed by atoms with E-state index in [1.165, 1.54) is 15.8 Å². The Labute approximate surface area is 170 Å². The van der Waals surface area contributed by atoms with Crippen LogP contribution >= 0.6 is 11.3 Å². The molecule has 1 aliphatic heterocycles. The second-order valence-corrected chi connectivity index (χ2v) is 9.41. The molecule has 0 aliphatic carbocycles. The van der Waals surface area contributed by atoms with Gasteiger partial charge >= 0.3 is 0 Å². The molecule has 0 fully saturated rings. The van der Waals surface area contributed by atoms with Gasteiger partial charge in [0, 0.05) is 24.8 Å². The van der Waals surface area contributed by atoms with Crippen molar-refractivity contribution in [3.05, 3.63) is 81.5 Å². The minimum absolute atomic E-state index is 0.0338. The molecule has 5 nitrogen and oxygen atoms in total. The fraction of sp³-hybridized carbons (Fsp3) is 0.150. The van der Waals surface area contributed by atoms with Crippen LogP contribution in [0.4, 0.5) is 14.5 Å². The number of carbonyl (C=O) groups excluding carboxylic acids is 1. The summed E-state index contributed by atoms with van der Waals surface area (Å²) in [5.41, 5.74) is 1.95. The van der Waals surface area contributed by atoms with Crippen LogP contribution in [-0.4, -0.2) is 25.2 Å². The van der Waals surface area contributed by atoms with Crippen molar-refractivity contribution >= 4 is 33.0 Å². The van der Waals surface area contributed by atoms with Crippen molar-refractivity contribution in [2.75, 3.05) is 11.9 Å². The molecule has 4 rings (SSSR count). The van der Waals surface area contributed by atoms with E-state index in [0.29, 0.717) is 19.0 Å². The van der Waals surface area contributed by atoms with Gasteiger partial charge in [0.2, 0.25) is 10.0 Å². The topological polar surface area (TPSA) is 66.5 Å². The van der Waals surface area contributed by atoms with Crippen molar-refractivity contribution in [1.82, 2.24) is 4.31 Å². The quantitative estimate of drug-likeness (QED) is 0.674. The molecule has 0 radical (unpaired) electrons. The fourth-order valence-corrected chi connectivity index (χ4v) is 6.01. The molecule has 1 N–H and O–H groups in total. The lowest BCUT2D eigenvalue weighted by Crippen LogP contribution is -2.36. The van der Waals surface area contributed by atoms with Crippen LogP contribution in [0.5, 0.6) is 0 Å². The Balaban J connectivity index is 1.60. The van der Waals surface area contributed by atoms with Gasteiger partial charge in [0.1, 0.15) is 21.4 Å². The third-order valence-corrected chi connectivity index (χ3v) is 7.60. The van der Waals surface area contributed by atoms with E-state index in [0.717, 1.165) is 34.6 Å². The number of sulfonamides is 1. The van der Waals surface area contributed by atoms with Crippen LogP contribution in [0.3, 0.4) is 0 Å². The second kappa shape index (κ2) is 7.66. The molecule has 2 aromatic carbocycles. The van der Waals surface area contributed by atoms with Crippen LogP contribution in [0.15, 0.2) is 58.8 Å². The van der Waals surface area contributed by atoms with E-state index in [9.17, 15) is 22.0 Å². The smallest absolute Gasteiger partial charge is 0.267 e. The average Bonchev–Trinajstić information content (AvgIpc) is 3.18. The van der Waals surface area contributed by atoms with Gasteiger partial charge in [-0.1, -0.05) is 24.3 Å². The monoisotopic (exact) mass is 434 g/mol. The number of rotatable bonds is 4. The summed E-state index contributed by atoms with van der Waals surface area (Å²) in [6, 6.07) is 11.6. The van der Waals surface area contributed by atoms with Crippen molar-refractivity contribution in [2.24, 2.45) is 0 Å². The van der Waals surface area contributed by atoms with E-state index in [4.69, 9.17) is 0 Å². The summed E-state index contributed by atoms with van der Waals surface area (Å²) >= 11 is 0.956. The predicted octanol–water partition coefficient (Wildman–Crippen LogP) is 4.03. The predicted molar refractivity (Wildman–Crippen MR) is 106 cm³/mol. The molecule has 29 heavy (non-hydrogen) atoms. The Morgan fingerprint density at radius 1 is 1.03 bits per heavy atom. The minimum atomic E-state index is -3.91. The summed E-state index contributed by atoms with van der Waals surface area (Å²) in [5.74, 6) is -2.42. The molecule has 0 atom stereocenters. The Morgan fingerprint density at radius 2 is 1.72 bits per heavy atom. The van der Waals surface area contributed by atoms with Crippen molar-refractivity contribution in [2.45, 2.75) is 17.9 Å². The van der Waals surface area contributed by atoms with Gasteiger partial charge in [-0.2, -0.15) is 4.31 Å². The van der Waals surface area contributed by atoms with Gasteiger partial charge in [0.15, 0.2) is 0 Å². The Morgan fingerprint density at radius 3 is 2.45 bits per heavy atom. The molecule has 0 bridgehead atoms. The molecule has 1 aromatic heterocycles. The highest BCUT2D eigenvalue weighted by atomic mass is 32.2. The summed E-state index contributed by atoms with van der Waals surface area (Å²) in [5, 5.41) is 3.87. The maximum atomic E-state index is 13.4. The van der Waals surface area contributed by atoms with Crippen LogP contribution in [0.1, 0.15) is 20.8 Å². The number of amides is 1. The zero-order chi connectivity index (χ0) is 20.6. The molecule has 1 aliphatic rings. The van der Waals surface area contributed by atoms with Crippen molar-refractivity contribution in [1.29, 1.82) is 0 Å². The number of halogens is 2. The van der Waals surface area contributed by atoms with Gasteiger partial charge in [-0.15, -0.1) is 11.3 Å². The number of anilines is 1. The molecule has 1 amide bonds. The highest BCUT2D eigenvalue weighted by Gasteiger charge is 2.32. The standard InChI is InChI=1S/C20H16F2N2O3S2/c21-15-9-16(22)11-17(10-15)23-20(25)19-18(6-8-28-19)29(26,27)24-7-5-13-3-1-2-4-14(13)12-24/h1-4,6,8-11H,5,7,12H2,(H,23,25). The van der Waals surface area contributed by atoms with Crippen LogP contribution in [0, 0.1) is 11.6 Å². The van der Waals surface area contributed by atoms with Gasteiger partial charge in [0.05, 0.1) is 0 Å². The number of fused-ring (bicyclic) bond motifs is 1. The number of carbonyl (C=O) groups is 1. The van der Waals surface area contributed by atoms with Crippen LogP contribution < -0.4 is 5.32 Å². The van der Waals surface area contributed by atoms with Crippen LogP contribution in [0.25, 0.3) is 0 Å². The van der Waals surface area contributed by atoms with Crippen LogP contribution in [-0.2, 0) is 23.0 Å². The molecule has 150 valence electrons. The van der Waals surface area contributed by atoms with E-state index in [1.54, 1.807) is 0 Å². The lowest BCUT2D eigenvalue weighted by Gasteiger charge is -2.28. The molecule has 0 unspecified atom stereocenters. The lowest BCUT2D eigenvalue weighted by molar-refractivity contribution is 0.102. The molecule has 0 saturated heterocycles. The van der Waals surface area contributed by atoms with Gasteiger partial charge in [-0.05, 0) is 41.1 Å². The molecular formula is C20H16F2N2O3S2. The molecular weight excluding hydrogens is 418 g/mol. The van der Waals surface area contributed by atoms with Gasteiger partial charge in [-0.25, -0.2) is 17.2 Å². The van der Waals surface area contributed by atoms with E-state index in [1.807, 2.05) is 24.3 Å². The zero-order valence-corrected chi connectivity index (χ0v) is 16.7. The average molecular weight is 434 g/mol. The molecule has 9 heteroatoms. The third-order valence-electron chi connectivity index (χ3n) is 4.67. The Bertz CT molecular complexity index is 1170. The Hall–Kier alpha value is -2.62. The first-order valence-corrected chi connectivity index (χ1v) is 11.1. The number of nitrogens with zero attached hydrogens (tertiary/aromatic N) is 1.